The third-order valence-corrected chi connectivity index (χ3v) is 6.69. The number of halogens is 1. The first-order valence-corrected chi connectivity index (χ1v) is 11.4. The molecule has 1 amide bonds. The highest BCUT2D eigenvalue weighted by Crippen LogP contribution is 2.17. The largest absolute Gasteiger partial charge is 0.319 e. The molecular weight excluding hydrogens is 440 g/mol. The minimum atomic E-state index is -3.95. The van der Waals surface area contributed by atoms with E-state index < -0.39 is 27.5 Å². The Balaban J connectivity index is 1.86. The molecule has 0 aliphatic heterocycles. The fourth-order valence-corrected chi connectivity index (χ4v) is 4.52. The van der Waals surface area contributed by atoms with Gasteiger partial charge in [0.2, 0.25) is 15.9 Å². The van der Waals surface area contributed by atoms with Crippen LogP contribution in [-0.2, 0) is 21.9 Å². The number of anilines is 1. The molecule has 10 heteroatoms. The lowest BCUT2D eigenvalue weighted by atomic mass is 10.2. The molecule has 2 N–H and O–H groups in total. The molecule has 0 saturated heterocycles. The lowest BCUT2D eigenvalue weighted by Gasteiger charge is -2.16. The number of para-hydroxylation sites is 1. The van der Waals surface area contributed by atoms with E-state index in [4.69, 9.17) is 11.6 Å². The minimum absolute atomic E-state index is 0.00882. The van der Waals surface area contributed by atoms with Crippen LogP contribution in [0.25, 0.3) is 5.69 Å². The van der Waals surface area contributed by atoms with Gasteiger partial charge < -0.3 is 5.32 Å². The van der Waals surface area contributed by atoms with Crippen LogP contribution in [0, 0.1) is 6.92 Å². The molecule has 1 heterocycles. The molecule has 3 aromatic rings. The van der Waals surface area contributed by atoms with Gasteiger partial charge in [-0.25, -0.2) is 13.1 Å². The number of aromatic nitrogens is 2. The summed E-state index contributed by atoms with van der Waals surface area (Å²) < 4.78 is 30.7. The van der Waals surface area contributed by atoms with Crippen LogP contribution < -0.4 is 15.6 Å². The highest BCUT2D eigenvalue weighted by molar-refractivity contribution is 7.89. The molecule has 0 radical (unpaired) electrons. The zero-order valence-electron chi connectivity index (χ0n) is 17.3. The molecule has 2 aromatic carbocycles. The molecule has 0 bridgehead atoms. The first-order valence-electron chi connectivity index (χ1n) is 9.58. The van der Waals surface area contributed by atoms with Gasteiger partial charge in [0, 0.05) is 12.1 Å². The third kappa shape index (κ3) is 4.73. The molecule has 3 rings (SSSR count). The SMILES string of the molecule is CCC(NS(=O)(=O)c1ccc(Cl)cc1)C(=O)Nc1c(C)n(C)n(-c2ccccc2)c1=O. The molecule has 0 aliphatic carbocycles. The van der Waals surface area contributed by atoms with Crippen LogP contribution in [0.15, 0.2) is 64.3 Å². The van der Waals surface area contributed by atoms with Crippen molar-refractivity contribution in [1.29, 1.82) is 0 Å². The van der Waals surface area contributed by atoms with Gasteiger partial charge in [-0.1, -0.05) is 36.7 Å². The van der Waals surface area contributed by atoms with Gasteiger partial charge in [-0.15, -0.1) is 0 Å². The predicted octanol–water partition coefficient (Wildman–Crippen LogP) is 2.83. The van der Waals surface area contributed by atoms with Crippen molar-refractivity contribution >= 4 is 33.2 Å². The lowest BCUT2D eigenvalue weighted by molar-refractivity contribution is -0.117. The Labute approximate surface area is 185 Å². The molecular formula is C21H23ClN4O4S. The fraction of sp³-hybridized carbons (Fsp3) is 0.238. The van der Waals surface area contributed by atoms with E-state index in [0.717, 1.165) is 0 Å². The van der Waals surface area contributed by atoms with Crippen LogP contribution in [0.1, 0.15) is 19.0 Å². The number of nitrogens with zero attached hydrogens (tertiary/aromatic N) is 2. The van der Waals surface area contributed by atoms with E-state index in [9.17, 15) is 18.0 Å². The second-order valence-electron chi connectivity index (χ2n) is 6.96. The Morgan fingerprint density at radius 3 is 2.29 bits per heavy atom. The molecule has 0 fully saturated rings. The van der Waals surface area contributed by atoms with Crippen molar-refractivity contribution in [2.75, 3.05) is 5.32 Å². The summed E-state index contributed by atoms with van der Waals surface area (Å²) in [6.07, 6.45) is 0.192. The standard InChI is InChI=1S/C21H23ClN4O4S/c1-4-18(24-31(29,30)17-12-10-15(22)11-13-17)20(27)23-19-14(2)25(3)26(21(19)28)16-8-6-5-7-9-16/h5-13,18,24H,4H2,1-3H3,(H,23,27). The van der Waals surface area contributed by atoms with Crippen LogP contribution in [0.5, 0.6) is 0 Å². The molecule has 0 saturated carbocycles. The summed E-state index contributed by atoms with van der Waals surface area (Å²) in [7, 11) is -2.24. The highest BCUT2D eigenvalue weighted by atomic mass is 35.5. The van der Waals surface area contributed by atoms with Crippen molar-refractivity contribution in [3.63, 3.8) is 0 Å². The fourth-order valence-electron chi connectivity index (χ4n) is 3.11. The van der Waals surface area contributed by atoms with Crippen LogP contribution in [0.4, 0.5) is 5.69 Å². The number of nitrogens with one attached hydrogen (secondary N) is 2. The topological polar surface area (TPSA) is 102 Å². The van der Waals surface area contributed by atoms with Crippen molar-refractivity contribution in [3.8, 4) is 5.69 Å². The molecule has 1 unspecified atom stereocenters. The van der Waals surface area contributed by atoms with Gasteiger partial charge in [0.25, 0.3) is 5.56 Å². The van der Waals surface area contributed by atoms with Crippen molar-refractivity contribution in [1.82, 2.24) is 14.1 Å². The summed E-state index contributed by atoms with van der Waals surface area (Å²) in [6.45, 7) is 3.38. The van der Waals surface area contributed by atoms with Gasteiger partial charge in [0.1, 0.15) is 11.7 Å². The first-order chi connectivity index (χ1) is 14.7. The summed E-state index contributed by atoms with van der Waals surface area (Å²) in [5.74, 6) is -0.619. The summed E-state index contributed by atoms with van der Waals surface area (Å²) in [6, 6.07) is 13.6. The van der Waals surface area contributed by atoms with Gasteiger partial charge in [0.05, 0.1) is 16.3 Å². The maximum atomic E-state index is 13.0. The van der Waals surface area contributed by atoms with Crippen molar-refractivity contribution in [3.05, 3.63) is 75.7 Å². The van der Waals surface area contributed by atoms with Crippen LogP contribution in [0.3, 0.4) is 0 Å². The monoisotopic (exact) mass is 462 g/mol. The minimum Gasteiger partial charge on any atom is -0.319 e. The predicted molar refractivity (Wildman–Crippen MR) is 120 cm³/mol. The molecule has 0 aliphatic rings. The Kier molecular flexibility index (Phi) is 6.68. The molecule has 0 spiro atoms. The molecule has 1 atom stereocenters. The van der Waals surface area contributed by atoms with E-state index in [1.807, 2.05) is 6.07 Å². The van der Waals surface area contributed by atoms with E-state index >= 15 is 0 Å². The van der Waals surface area contributed by atoms with Crippen molar-refractivity contribution in [2.45, 2.75) is 31.2 Å². The summed E-state index contributed by atoms with van der Waals surface area (Å²) in [5.41, 5.74) is 0.877. The van der Waals surface area contributed by atoms with E-state index in [-0.39, 0.29) is 17.0 Å². The highest BCUT2D eigenvalue weighted by Gasteiger charge is 2.26. The zero-order chi connectivity index (χ0) is 22.8. The maximum Gasteiger partial charge on any atom is 0.295 e. The smallest absolute Gasteiger partial charge is 0.295 e. The van der Waals surface area contributed by atoms with Crippen molar-refractivity contribution in [2.24, 2.45) is 7.05 Å². The van der Waals surface area contributed by atoms with E-state index in [1.165, 1.54) is 28.9 Å². The number of hydrogen-bond donors (Lipinski definition) is 2. The lowest BCUT2D eigenvalue weighted by Crippen LogP contribution is -2.43. The van der Waals surface area contributed by atoms with Crippen LogP contribution >= 0.6 is 11.6 Å². The van der Waals surface area contributed by atoms with E-state index in [0.29, 0.717) is 16.4 Å². The maximum absolute atomic E-state index is 13.0. The van der Waals surface area contributed by atoms with Crippen molar-refractivity contribution < 1.29 is 13.2 Å². The summed E-state index contributed by atoms with van der Waals surface area (Å²) in [4.78, 5) is 25.8. The van der Waals surface area contributed by atoms with Crippen LogP contribution in [0.2, 0.25) is 5.02 Å². The first kappa shape index (κ1) is 22.8. The average molecular weight is 463 g/mol. The Bertz CT molecular complexity index is 1250. The molecule has 31 heavy (non-hydrogen) atoms. The molecule has 164 valence electrons. The van der Waals surface area contributed by atoms with Gasteiger partial charge in [-0.05, 0) is 49.7 Å². The van der Waals surface area contributed by atoms with E-state index in [2.05, 4.69) is 10.0 Å². The van der Waals surface area contributed by atoms with E-state index in [1.54, 1.807) is 49.8 Å². The van der Waals surface area contributed by atoms with Gasteiger partial charge >= 0.3 is 0 Å². The van der Waals surface area contributed by atoms with Gasteiger partial charge in [-0.3, -0.25) is 14.3 Å². The number of carbonyl (C=O) groups is 1. The number of carbonyl (C=O) groups excluding carboxylic acids is 1. The Hall–Kier alpha value is -2.88. The summed E-state index contributed by atoms with van der Waals surface area (Å²) >= 11 is 5.81. The molecule has 1 aromatic heterocycles. The third-order valence-electron chi connectivity index (χ3n) is 4.95. The average Bonchev–Trinajstić information content (AvgIpc) is 2.96. The normalized spacial score (nSPS) is 12.5. The van der Waals surface area contributed by atoms with Gasteiger partial charge in [0.15, 0.2) is 0 Å². The van der Waals surface area contributed by atoms with Gasteiger partial charge in [-0.2, -0.15) is 4.72 Å². The van der Waals surface area contributed by atoms with Crippen LogP contribution in [-0.4, -0.2) is 29.7 Å². The number of rotatable bonds is 7. The number of hydrogen-bond acceptors (Lipinski definition) is 4. The second kappa shape index (κ2) is 9.09. The molecule has 8 nitrogen and oxygen atoms in total. The quantitative estimate of drug-likeness (QED) is 0.563. The number of sulfonamides is 1. The second-order valence-corrected chi connectivity index (χ2v) is 9.11. The summed E-state index contributed by atoms with van der Waals surface area (Å²) in [5, 5.41) is 3.00. The zero-order valence-corrected chi connectivity index (χ0v) is 18.9. The Morgan fingerprint density at radius 1 is 1.10 bits per heavy atom. The number of amides is 1. The Morgan fingerprint density at radius 2 is 1.71 bits per heavy atom. The number of benzene rings is 2.